The van der Waals surface area contributed by atoms with Gasteiger partial charge in [0.15, 0.2) is 0 Å². The standard InChI is InChI=1S/C12H20N4/c1-7(2)10-14-9(13)8(3)11(15-10)16-12(4)5-6-12/h7H,5-6H2,1-4H3,(H3,13,14,15,16). The van der Waals surface area contributed by atoms with Crippen molar-refractivity contribution in [1.82, 2.24) is 9.97 Å². The summed E-state index contributed by atoms with van der Waals surface area (Å²) in [5, 5.41) is 3.47. The third kappa shape index (κ3) is 2.10. The van der Waals surface area contributed by atoms with Gasteiger partial charge in [-0.1, -0.05) is 13.8 Å². The number of hydrogen-bond donors (Lipinski definition) is 2. The molecule has 1 aliphatic rings. The molecular weight excluding hydrogens is 200 g/mol. The molecule has 3 N–H and O–H groups in total. The van der Waals surface area contributed by atoms with Crippen LogP contribution in [-0.4, -0.2) is 15.5 Å². The first-order valence-corrected chi connectivity index (χ1v) is 5.83. The molecule has 1 saturated carbocycles. The summed E-state index contributed by atoms with van der Waals surface area (Å²) in [7, 11) is 0. The van der Waals surface area contributed by atoms with Crippen molar-refractivity contribution < 1.29 is 0 Å². The van der Waals surface area contributed by atoms with Crippen molar-refractivity contribution in [3.63, 3.8) is 0 Å². The first-order valence-electron chi connectivity index (χ1n) is 5.83. The van der Waals surface area contributed by atoms with Gasteiger partial charge in [0.05, 0.1) is 0 Å². The largest absolute Gasteiger partial charge is 0.383 e. The van der Waals surface area contributed by atoms with Gasteiger partial charge in [0.25, 0.3) is 0 Å². The van der Waals surface area contributed by atoms with Gasteiger partial charge in [-0.25, -0.2) is 9.97 Å². The van der Waals surface area contributed by atoms with E-state index < -0.39 is 0 Å². The molecule has 1 aromatic rings. The third-order valence-electron chi connectivity index (χ3n) is 3.14. The van der Waals surface area contributed by atoms with Crippen LogP contribution >= 0.6 is 0 Å². The molecule has 0 radical (unpaired) electrons. The van der Waals surface area contributed by atoms with Crippen LogP contribution in [0.25, 0.3) is 0 Å². The normalized spacial score (nSPS) is 17.6. The molecule has 0 amide bonds. The quantitative estimate of drug-likeness (QED) is 0.821. The van der Waals surface area contributed by atoms with Crippen LogP contribution in [0.3, 0.4) is 0 Å². The minimum atomic E-state index is 0.222. The molecule has 0 spiro atoms. The predicted octanol–water partition coefficient (Wildman–Crippen LogP) is 2.46. The molecule has 2 rings (SSSR count). The number of nitrogens with one attached hydrogen (secondary N) is 1. The molecule has 0 saturated heterocycles. The van der Waals surface area contributed by atoms with E-state index in [1.807, 2.05) is 6.92 Å². The number of hydrogen-bond acceptors (Lipinski definition) is 4. The molecule has 4 nitrogen and oxygen atoms in total. The van der Waals surface area contributed by atoms with Crippen molar-refractivity contribution in [2.24, 2.45) is 0 Å². The lowest BCUT2D eigenvalue weighted by Gasteiger charge is -2.17. The van der Waals surface area contributed by atoms with Gasteiger partial charge in [-0.2, -0.15) is 0 Å². The molecule has 1 aromatic heterocycles. The van der Waals surface area contributed by atoms with E-state index in [-0.39, 0.29) is 5.54 Å². The van der Waals surface area contributed by atoms with E-state index >= 15 is 0 Å². The van der Waals surface area contributed by atoms with Crippen molar-refractivity contribution >= 4 is 11.6 Å². The number of nitrogens with zero attached hydrogens (tertiary/aromatic N) is 2. The zero-order valence-corrected chi connectivity index (χ0v) is 10.5. The minimum Gasteiger partial charge on any atom is -0.383 e. The lowest BCUT2D eigenvalue weighted by atomic mass is 10.2. The summed E-state index contributed by atoms with van der Waals surface area (Å²) >= 11 is 0. The molecule has 4 heteroatoms. The van der Waals surface area contributed by atoms with E-state index in [1.54, 1.807) is 0 Å². The monoisotopic (exact) mass is 220 g/mol. The molecule has 0 atom stereocenters. The van der Waals surface area contributed by atoms with Crippen molar-refractivity contribution in [3.8, 4) is 0 Å². The second kappa shape index (κ2) is 3.61. The Morgan fingerprint density at radius 3 is 2.44 bits per heavy atom. The lowest BCUT2D eigenvalue weighted by molar-refractivity contribution is 0.760. The molecule has 16 heavy (non-hydrogen) atoms. The number of rotatable bonds is 3. The van der Waals surface area contributed by atoms with E-state index in [0.29, 0.717) is 11.7 Å². The van der Waals surface area contributed by atoms with Gasteiger partial charge in [-0.05, 0) is 26.7 Å². The van der Waals surface area contributed by atoms with Gasteiger partial charge in [-0.3, -0.25) is 0 Å². The van der Waals surface area contributed by atoms with Crippen molar-refractivity contribution in [3.05, 3.63) is 11.4 Å². The van der Waals surface area contributed by atoms with Crippen LogP contribution in [0.1, 0.15) is 50.9 Å². The molecule has 0 unspecified atom stereocenters. The van der Waals surface area contributed by atoms with Crippen LogP contribution in [0.15, 0.2) is 0 Å². The number of nitrogens with two attached hydrogens (primary N) is 1. The summed E-state index contributed by atoms with van der Waals surface area (Å²) in [6.45, 7) is 8.33. The van der Waals surface area contributed by atoms with Gasteiger partial charge in [0.1, 0.15) is 17.5 Å². The van der Waals surface area contributed by atoms with Crippen molar-refractivity contribution in [1.29, 1.82) is 0 Å². The second-order valence-corrected chi connectivity index (χ2v) is 5.28. The number of aromatic nitrogens is 2. The minimum absolute atomic E-state index is 0.222. The van der Waals surface area contributed by atoms with Gasteiger partial charge in [-0.15, -0.1) is 0 Å². The Bertz CT molecular complexity index is 408. The average molecular weight is 220 g/mol. The Labute approximate surface area is 96.7 Å². The maximum atomic E-state index is 5.91. The van der Waals surface area contributed by atoms with Gasteiger partial charge in [0, 0.05) is 17.0 Å². The lowest BCUT2D eigenvalue weighted by Crippen LogP contribution is -2.19. The fourth-order valence-corrected chi connectivity index (χ4v) is 1.53. The Morgan fingerprint density at radius 2 is 1.94 bits per heavy atom. The highest BCUT2D eigenvalue weighted by Crippen LogP contribution is 2.38. The highest BCUT2D eigenvalue weighted by Gasteiger charge is 2.38. The molecule has 1 heterocycles. The topological polar surface area (TPSA) is 63.8 Å². The summed E-state index contributed by atoms with van der Waals surface area (Å²) in [4.78, 5) is 8.87. The van der Waals surface area contributed by atoms with Crippen LogP contribution in [0, 0.1) is 6.92 Å². The summed E-state index contributed by atoms with van der Waals surface area (Å²) in [5.74, 6) is 2.60. The molecule has 1 aliphatic carbocycles. The molecule has 0 aromatic carbocycles. The maximum Gasteiger partial charge on any atom is 0.135 e. The molecule has 0 aliphatic heterocycles. The first kappa shape index (κ1) is 11.2. The average Bonchev–Trinajstić information content (AvgIpc) is 2.91. The molecular formula is C12H20N4. The van der Waals surface area contributed by atoms with Crippen LogP contribution in [0.5, 0.6) is 0 Å². The highest BCUT2D eigenvalue weighted by atomic mass is 15.1. The number of nitrogen functional groups attached to an aromatic ring is 1. The second-order valence-electron chi connectivity index (χ2n) is 5.28. The molecule has 1 fully saturated rings. The van der Waals surface area contributed by atoms with Crippen molar-refractivity contribution in [2.45, 2.75) is 52.0 Å². The summed E-state index contributed by atoms with van der Waals surface area (Å²) < 4.78 is 0. The van der Waals surface area contributed by atoms with Crippen LogP contribution in [0.2, 0.25) is 0 Å². The zero-order valence-electron chi connectivity index (χ0n) is 10.5. The smallest absolute Gasteiger partial charge is 0.135 e. The maximum absolute atomic E-state index is 5.91. The van der Waals surface area contributed by atoms with Crippen LogP contribution < -0.4 is 11.1 Å². The Hall–Kier alpha value is -1.32. The summed E-state index contributed by atoms with van der Waals surface area (Å²) in [5.41, 5.74) is 7.09. The van der Waals surface area contributed by atoms with Gasteiger partial charge < -0.3 is 11.1 Å². The Kier molecular flexibility index (Phi) is 2.52. The fraction of sp³-hybridized carbons (Fsp3) is 0.667. The van der Waals surface area contributed by atoms with Crippen LogP contribution in [-0.2, 0) is 0 Å². The number of anilines is 2. The Morgan fingerprint density at radius 1 is 1.31 bits per heavy atom. The Balaban J connectivity index is 2.34. The van der Waals surface area contributed by atoms with E-state index in [0.717, 1.165) is 17.2 Å². The summed E-state index contributed by atoms with van der Waals surface area (Å²) in [6, 6.07) is 0. The first-order chi connectivity index (χ1) is 7.41. The highest BCUT2D eigenvalue weighted by molar-refractivity contribution is 5.56. The summed E-state index contributed by atoms with van der Waals surface area (Å²) in [6.07, 6.45) is 2.40. The van der Waals surface area contributed by atoms with Crippen molar-refractivity contribution in [2.75, 3.05) is 11.1 Å². The van der Waals surface area contributed by atoms with Crippen LogP contribution in [0.4, 0.5) is 11.6 Å². The van der Waals surface area contributed by atoms with Gasteiger partial charge >= 0.3 is 0 Å². The zero-order chi connectivity index (χ0) is 11.9. The van der Waals surface area contributed by atoms with E-state index in [9.17, 15) is 0 Å². The third-order valence-corrected chi connectivity index (χ3v) is 3.14. The molecule has 0 bridgehead atoms. The van der Waals surface area contributed by atoms with E-state index in [4.69, 9.17) is 5.73 Å². The fourth-order valence-electron chi connectivity index (χ4n) is 1.53. The SMILES string of the molecule is Cc1c(N)nc(C(C)C)nc1NC1(C)CC1. The van der Waals surface area contributed by atoms with E-state index in [2.05, 4.69) is 36.1 Å². The predicted molar refractivity (Wildman–Crippen MR) is 66.5 cm³/mol. The van der Waals surface area contributed by atoms with Gasteiger partial charge in [0.2, 0.25) is 0 Å². The molecule has 88 valence electrons. The van der Waals surface area contributed by atoms with E-state index in [1.165, 1.54) is 12.8 Å².